The van der Waals surface area contributed by atoms with Crippen LogP contribution in [-0.2, 0) is 5.88 Å². The highest BCUT2D eigenvalue weighted by Crippen LogP contribution is 2.02. The fraction of sp³-hybridized carbons (Fsp3) is 0.250. The van der Waals surface area contributed by atoms with E-state index in [1.807, 2.05) is 0 Å². The largest absolute Gasteiger partial charge is 0.319 e. The van der Waals surface area contributed by atoms with Crippen LogP contribution in [0.5, 0.6) is 0 Å². The molecule has 4 heteroatoms. The number of aromatic amines is 1. The van der Waals surface area contributed by atoms with Crippen molar-refractivity contribution >= 4 is 22.9 Å². The van der Waals surface area contributed by atoms with Crippen LogP contribution in [0.25, 0.3) is 0 Å². The smallest absolute Gasteiger partial charge is 0.304 e. The van der Waals surface area contributed by atoms with Crippen molar-refractivity contribution in [3.05, 3.63) is 20.7 Å². The van der Waals surface area contributed by atoms with Gasteiger partial charge in [-0.2, -0.15) is 0 Å². The van der Waals surface area contributed by atoms with Crippen molar-refractivity contribution in [1.82, 2.24) is 4.98 Å². The molecule has 0 amide bonds. The van der Waals surface area contributed by atoms with Gasteiger partial charge in [-0.1, -0.05) is 11.3 Å². The molecule has 0 aliphatic rings. The van der Waals surface area contributed by atoms with Crippen molar-refractivity contribution in [3.63, 3.8) is 0 Å². The molecule has 2 nitrogen and oxygen atoms in total. The molecule has 1 aromatic heterocycles. The van der Waals surface area contributed by atoms with E-state index in [9.17, 15) is 4.79 Å². The summed E-state index contributed by atoms with van der Waals surface area (Å²) in [5.74, 6) is 0.420. The Morgan fingerprint density at radius 3 is 2.88 bits per heavy atom. The van der Waals surface area contributed by atoms with Crippen LogP contribution in [0.4, 0.5) is 0 Å². The number of alkyl halides is 1. The van der Waals surface area contributed by atoms with E-state index in [0.29, 0.717) is 5.88 Å². The molecule has 44 valence electrons. The Bertz CT molecular complexity index is 216. The molecule has 0 aliphatic heterocycles. The molecule has 0 unspecified atom stereocenters. The van der Waals surface area contributed by atoms with Crippen LogP contribution >= 0.6 is 22.9 Å². The van der Waals surface area contributed by atoms with Crippen molar-refractivity contribution in [1.29, 1.82) is 0 Å². The van der Waals surface area contributed by atoms with Crippen molar-refractivity contribution in [2.45, 2.75) is 5.88 Å². The summed E-state index contributed by atoms with van der Waals surface area (Å²) in [6.45, 7) is 0. The minimum atomic E-state index is -0.0411. The second kappa shape index (κ2) is 2.33. The van der Waals surface area contributed by atoms with Crippen LogP contribution in [0.3, 0.4) is 0 Å². The Kier molecular flexibility index (Phi) is 1.70. The van der Waals surface area contributed by atoms with E-state index >= 15 is 0 Å². The monoisotopic (exact) mass is 149 g/mol. The number of rotatable bonds is 1. The maximum atomic E-state index is 10.4. The molecular formula is C4H4ClNOS. The highest BCUT2D eigenvalue weighted by molar-refractivity contribution is 7.09. The Hall–Kier alpha value is -0.280. The summed E-state index contributed by atoms with van der Waals surface area (Å²) in [5, 5.41) is 0. The number of H-pyrrole nitrogens is 1. The molecule has 0 spiro atoms. The number of nitrogens with one attached hydrogen (secondary N) is 1. The Morgan fingerprint density at radius 2 is 2.62 bits per heavy atom. The molecule has 1 heterocycles. The topological polar surface area (TPSA) is 32.9 Å². The minimum absolute atomic E-state index is 0.0411. The number of halogens is 1. The molecule has 1 rings (SSSR count). The lowest BCUT2D eigenvalue weighted by Gasteiger charge is -1.74. The lowest BCUT2D eigenvalue weighted by Crippen LogP contribution is -1.88. The van der Waals surface area contributed by atoms with Gasteiger partial charge in [-0.25, -0.2) is 0 Å². The third kappa shape index (κ3) is 1.11. The van der Waals surface area contributed by atoms with Gasteiger partial charge in [0.15, 0.2) is 0 Å². The second-order valence-electron chi connectivity index (χ2n) is 1.28. The predicted molar refractivity (Wildman–Crippen MR) is 34.5 cm³/mol. The molecule has 0 fully saturated rings. The van der Waals surface area contributed by atoms with Crippen molar-refractivity contribution in [2.24, 2.45) is 0 Å². The lowest BCUT2D eigenvalue weighted by molar-refractivity contribution is 1.31. The number of hydrogen-bond donors (Lipinski definition) is 1. The zero-order chi connectivity index (χ0) is 5.98. The maximum Gasteiger partial charge on any atom is 0.304 e. The summed E-state index contributed by atoms with van der Waals surface area (Å²) in [7, 11) is 0. The Morgan fingerprint density at radius 1 is 1.88 bits per heavy atom. The van der Waals surface area contributed by atoms with Crippen LogP contribution in [0.2, 0.25) is 0 Å². The van der Waals surface area contributed by atoms with Gasteiger partial charge in [0.1, 0.15) is 0 Å². The van der Waals surface area contributed by atoms with E-state index in [-0.39, 0.29) is 4.87 Å². The fourth-order valence-electron chi connectivity index (χ4n) is 0.383. The molecule has 1 aromatic rings. The van der Waals surface area contributed by atoms with Gasteiger partial charge in [0.2, 0.25) is 0 Å². The average Bonchev–Trinajstić information content (AvgIpc) is 2.14. The zero-order valence-electron chi connectivity index (χ0n) is 3.98. The van der Waals surface area contributed by atoms with Crippen LogP contribution in [0.1, 0.15) is 4.88 Å². The van der Waals surface area contributed by atoms with Crippen LogP contribution in [0, 0.1) is 0 Å². The minimum Gasteiger partial charge on any atom is -0.319 e. The van der Waals surface area contributed by atoms with Gasteiger partial charge < -0.3 is 4.98 Å². The van der Waals surface area contributed by atoms with Gasteiger partial charge in [0, 0.05) is 11.1 Å². The standard InChI is InChI=1S/C4H4ClNOS/c5-1-3-2-6-4(7)8-3/h2H,1H2,(H,6,7). The molecule has 1 N–H and O–H groups in total. The Labute approximate surface area is 55.1 Å². The molecule has 0 saturated carbocycles. The molecule has 0 aliphatic carbocycles. The van der Waals surface area contributed by atoms with Crippen LogP contribution < -0.4 is 4.87 Å². The molecular weight excluding hydrogens is 146 g/mol. The van der Waals surface area contributed by atoms with Gasteiger partial charge >= 0.3 is 4.87 Å². The first-order valence-electron chi connectivity index (χ1n) is 2.06. The first kappa shape index (κ1) is 5.85. The van der Waals surface area contributed by atoms with Gasteiger partial charge in [-0.05, 0) is 0 Å². The summed E-state index contributed by atoms with van der Waals surface area (Å²) < 4.78 is 0. The molecule has 0 saturated heterocycles. The lowest BCUT2D eigenvalue weighted by atomic mass is 10.6. The number of aromatic nitrogens is 1. The van der Waals surface area contributed by atoms with Gasteiger partial charge in [-0.3, -0.25) is 4.79 Å². The molecule has 0 bridgehead atoms. The highest BCUT2D eigenvalue weighted by atomic mass is 35.5. The van der Waals surface area contributed by atoms with Gasteiger partial charge in [0.05, 0.1) is 5.88 Å². The average molecular weight is 150 g/mol. The third-order valence-electron chi connectivity index (χ3n) is 0.707. The summed E-state index contributed by atoms with van der Waals surface area (Å²) in [4.78, 5) is 13.7. The van der Waals surface area contributed by atoms with Gasteiger partial charge in [0.25, 0.3) is 0 Å². The molecule has 0 atom stereocenters. The second-order valence-corrected chi connectivity index (χ2v) is 2.64. The first-order valence-corrected chi connectivity index (χ1v) is 3.41. The van der Waals surface area contributed by atoms with E-state index in [0.717, 1.165) is 16.2 Å². The van der Waals surface area contributed by atoms with E-state index in [2.05, 4.69) is 4.98 Å². The summed E-state index contributed by atoms with van der Waals surface area (Å²) in [6, 6.07) is 0. The first-order chi connectivity index (χ1) is 3.83. The van der Waals surface area contributed by atoms with E-state index < -0.39 is 0 Å². The predicted octanol–water partition coefficient (Wildman–Crippen LogP) is 1.18. The maximum absolute atomic E-state index is 10.4. The highest BCUT2D eigenvalue weighted by Gasteiger charge is 1.91. The van der Waals surface area contributed by atoms with Crippen LogP contribution in [-0.4, -0.2) is 4.98 Å². The van der Waals surface area contributed by atoms with Crippen molar-refractivity contribution in [2.75, 3.05) is 0 Å². The van der Waals surface area contributed by atoms with E-state index in [1.54, 1.807) is 6.20 Å². The number of hydrogen-bond acceptors (Lipinski definition) is 2. The summed E-state index contributed by atoms with van der Waals surface area (Å²) in [5.41, 5.74) is 0. The molecule has 0 radical (unpaired) electrons. The third-order valence-corrected chi connectivity index (χ3v) is 1.98. The fourth-order valence-corrected chi connectivity index (χ4v) is 1.15. The molecule has 0 aromatic carbocycles. The van der Waals surface area contributed by atoms with Gasteiger partial charge in [-0.15, -0.1) is 11.6 Å². The van der Waals surface area contributed by atoms with Crippen molar-refractivity contribution < 1.29 is 0 Å². The van der Waals surface area contributed by atoms with Crippen molar-refractivity contribution in [3.8, 4) is 0 Å². The normalized spacial score (nSPS) is 9.62. The van der Waals surface area contributed by atoms with E-state index in [1.165, 1.54) is 0 Å². The Balaban J connectivity index is 3.01. The number of thiazole rings is 1. The summed E-state index contributed by atoms with van der Waals surface area (Å²) in [6.07, 6.45) is 1.62. The van der Waals surface area contributed by atoms with Crippen LogP contribution in [0.15, 0.2) is 11.0 Å². The SMILES string of the molecule is O=c1[nH]cc(CCl)s1. The molecule has 8 heavy (non-hydrogen) atoms. The van der Waals surface area contributed by atoms with E-state index in [4.69, 9.17) is 11.6 Å². The zero-order valence-corrected chi connectivity index (χ0v) is 5.55. The quantitative estimate of drug-likeness (QED) is 0.598. The summed E-state index contributed by atoms with van der Waals surface area (Å²) >= 11 is 6.54.